The minimum atomic E-state index is -0.955. The highest BCUT2D eigenvalue weighted by molar-refractivity contribution is 5.16. The number of aliphatic hydroxyl groups is 1. The molecule has 110 valence electrons. The maximum Gasteiger partial charge on any atom is 0.238 e. The van der Waals surface area contributed by atoms with Crippen molar-refractivity contribution in [3.8, 4) is 0 Å². The molecule has 0 aromatic heterocycles. The standard InChI is InChI=1S/C14H19NO5/c1-10(15(17)18)13-12(9-16)19-14(2,20-13)8-11-6-4-3-5-7-11/h3-7,10,12-13,16H,8-9H2,1-2H3. The third-order valence-electron chi connectivity index (χ3n) is 3.51. The number of nitrogens with zero attached hydrogens (tertiary/aromatic N) is 1. The van der Waals surface area contributed by atoms with Crippen LogP contribution in [0.25, 0.3) is 0 Å². The van der Waals surface area contributed by atoms with Crippen LogP contribution in [0.15, 0.2) is 30.3 Å². The van der Waals surface area contributed by atoms with Crippen LogP contribution in [0.4, 0.5) is 0 Å². The van der Waals surface area contributed by atoms with E-state index in [4.69, 9.17) is 9.47 Å². The Morgan fingerprint density at radius 1 is 1.40 bits per heavy atom. The van der Waals surface area contributed by atoms with Crippen molar-refractivity contribution in [1.82, 2.24) is 0 Å². The zero-order valence-electron chi connectivity index (χ0n) is 11.6. The van der Waals surface area contributed by atoms with Gasteiger partial charge in [0.2, 0.25) is 6.04 Å². The van der Waals surface area contributed by atoms with Crippen molar-refractivity contribution in [2.45, 2.75) is 44.3 Å². The Morgan fingerprint density at radius 2 is 2.05 bits per heavy atom. The Bertz CT molecular complexity index is 466. The van der Waals surface area contributed by atoms with E-state index >= 15 is 0 Å². The zero-order chi connectivity index (χ0) is 14.8. The Morgan fingerprint density at radius 3 is 2.60 bits per heavy atom. The first-order valence-corrected chi connectivity index (χ1v) is 6.59. The van der Waals surface area contributed by atoms with E-state index in [2.05, 4.69) is 0 Å². The van der Waals surface area contributed by atoms with Gasteiger partial charge in [-0.15, -0.1) is 0 Å². The Labute approximate surface area is 117 Å². The topological polar surface area (TPSA) is 81.8 Å². The molecule has 1 aliphatic rings. The zero-order valence-corrected chi connectivity index (χ0v) is 11.6. The van der Waals surface area contributed by atoms with Crippen LogP contribution in [0, 0.1) is 10.1 Å². The molecule has 4 atom stereocenters. The first-order valence-electron chi connectivity index (χ1n) is 6.59. The molecule has 0 saturated carbocycles. The molecule has 1 saturated heterocycles. The predicted molar refractivity (Wildman–Crippen MR) is 71.8 cm³/mol. The normalized spacial score (nSPS) is 31.1. The fourth-order valence-corrected chi connectivity index (χ4v) is 2.50. The fourth-order valence-electron chi connectivity index (χ4n) is 2.50. The van der Waals surface area contributed by atoms with E-state index < -0.39 is 29.0 Å². The molecule has 0 aliphatic carbocycles. The van der Waals surface area contributed by atoms with Crippen molar-refractivity contribution in [2.75, 3.05) is 6.61 Å². The molecule has 1 heterocycles. The Kier molecular flexibility index (Phi) is 4.37. The van der Waals surface area contributed by atoms with Gasteiger partial charge in [0.25, 0.3) is 0 Å². The first kappa shape index (κ1) is 14.9. The molecule has 4 unspecified atom stereocenters. The van der Waals surface area contributed by atoms with E-state index in [1.54, 1.807) is 6.92 Å². The van der Waals surface area contributed by atoms with E-state index in [-0.39, 0.29) is 6.61 Å². The molecule has 2 rings (SSSR count). The van der Waals surface area contributed by atoms with E-state index in [1.807, 2.05) is 30.3 Å². The van der Waals surface area contributed by atoms with Crippen molar-refractivity contribution in [1.29, 1.82) is 0 Å². The lowest BCUT2D eigenvalue weighted by molar-refractivity contribution is -0.531. The lowest BCUT2D eigenvalue weighted by Gasteiger charge is -2.23. The summed E-state index contributed by atoms with van der Waals surface area (Å²) in [5, 5.41) is 20.2. The summed E-state index contributed by atoms with van der Waals surface area (Å²) in [5.74, 6) is -0.955. The molecule has 0 spiro atoms. The van der Waals surface area contributed by atoms with Gasteiger partial charge >= 0.3 is 0 Å². The number of hydrogen-bond donors (Lipinski definition) is 1. The summed E-state index contributed by atoms with van der Waals surface area (Å²) in [6.45, 7) is 2.91. The molecule has 6 nitrogen and oxygen atoms in total. The summed E-state index contributed by atoms with van der Waals surface area (Å²) < 4.78 is 11.5. The summed E-state index contributed by atoms with van der Waals surface area (Å²) in [6, 6.07) is 8.69. The Balaban J connectivity index is 2.12. The smallest absolute Gasteiger partial charge is 0.238 e. The molecule has 0 amide bonds. The van der Waals surface area contributed by atoms with Crippen molar-refractivity contribution in [2.24, 2.45) is 0 Å². The van der Waals surface area contributed by atoms with Crippen LogP contribution in [-0.4, -0.2) is 40.7 Å². The summed E-state index contributed by atoms with van der Waals surface area (Å²) in [6.07, 6.45) is -0.946. The number of benzene rings is 1. The van der Waals surface area contributed by atoms with Gasteiger partial charge in [-0.2, -0.15) is 0 Å². The van der Waals surface area contributed by atoms with Crippen LogP contribution in [-0.2, 0) is 15.9 Å². The number of ether oxygens (including phenoxy) is 2. The summed E-state index contributed by atoms with van der Waals surface area (Å²) in [5.41, 5.74) is 1.01. The second-order valence-electron chi connectivity index (χ2n) is 5.24. The van der Waals surface area contributed by atoms with Crippen LogP contribution in [0.1, 0.15) is 19.4 Å². The van der Waals surface area contributed by atoms with Gasteiger partial charge in [0.05, 0.1) is 6.61 Å². The van der Waals surface area contributed by atoms with Crippen molar-refractivity contribution in [3.05, 3.63) is 46.0 Å². The Hall–Kier alpha value is -1.50. The lowest BCUT2D eigenvalue weighted by atomic mass is 10.1. The molecule has 6 heteroatoms. The van der Waals surface area contributed by atoms with Gasteiger partial charge < -0.3 is 14.6 Å². The molecule has 1 aliphatic heterocycles. The van der Waals surface area contributed by atoms with E-state index in [1.165, 1.54) is 6.92 Å². The van der Waals surface area contributed by atoms with Gasteiger partial charge in [0.15, 0.2) is 11.9 Å². The van der Waals surface area contributed by atoms with Crippen molar-refractivity contribution in [3.63, 3.8) is 0 Å². The number of nitro groups is 1. The van der Waals surface area contributed by atoms with E-state index in [9.17, 15) is 15.2 Å². The van der Waals surface area contributed by atoms with Gasteiger partial charge in [-0.05, 0) is 12.5 Å². The van der Waals surface area contributed by atoms with Crippen LogP contribution in [0.5, 0.6) is 0 Å². The van der Waals surface area contributed by atoms with Crippen LogP contribution >= 0.6 is 0 Å². The first-order chi connectivity index (χ1) is 9.45. The summed E-state index contributed by atoms with van der Waals surface area (Å²) in [7, 11) is 0. The number of rotatable bonds is 5. The second kappa shape index (κ2) is 5.87. The SMILES string of the molecule is CC(C1OC(C)(Cc2ccccc2)OC1CO)[N+](=O)[O-]. The second-order valence-corrected chi connectivity index (χ2v) is 5.24. The molecular formula is C14H19NO5. The monoisotopic (exact) mass is 281 g/mol. The van der Waals surface area contributed by atoms with Gasteiger partial charge in [-0.1, -0.05) is 30.3 Å². The summed E-state index contributed by atoms with van der Waals surface area (Å²) >= 11 is 0. The van der Waals surface area contributed by atoms with Crippen LogP contribution in [0.3, 0.4) is 0 Å². The number of hydrogen-bond acceptors (Lipinski definition) is 5. The minimum Gasteiger partial charge on any atom is -0.394 e. The van der Waals surface area contributed by atoms with Gasteiger partial charge in [-0.3, -0.25) is 10.1 Å². The molecule has 20 heavy (non-hydrogen) atoms. The quantitative estimate of drug-likeness (QED) is 0.651. The van der Waals surface area contributed by atoms with Crippen molar-refractivity contribution < 1.29 is 19.5 Å². The van der Waals surface area contributed by atoms with E-state index in [0.29, 0.717) is 6.42 Å². The van der Waals surface area contributed by atoms with Gasteiger partial charge in [0, 0.05) is 18.3 Å². The molecule has 1 aromatic rings. The largest absolute Gasteiger partial charge is 0.394 e. The molecule has 0 bridgehead atoms. The van der Waals surface area contributed by atoms with Crippen LogP contribution < -0.4 is 0 Å². The average Bonchev–Trinajstić information content (AvgIpc) is 2.75. The third kappa shape index (κ3) is 3.15. The highest BCUT2D eigenvalue weighted by Gasteiger charge is 2.49. The maximum absolute atomic E-state index is 10.9. The molecule has 1 N–H and O–H groups in total. The molecule has 1 aromatic carbocycles. The maximum atomic E-state index is 10.9. The number of aliphatic hydroxyl groups excluding tert-OH is 1. The van der Waals surface area contributed by atoms with E-state index in [0.717, 1.165) is 5.56 Å². The highest BCUT2D eigenvalue weighted by Crippen LogP contribution is 2.33. The summed E-state index contributed by atoms with van der Waals surface area (Å²) in [4.78, 5) is 10.5. The van der Waals surface area contributed by atoms with Gasteiger partial charge in [0.1, 0.15) is 6.10 Å². The third-order valence-corrected chi connectivity index (χ3v) is 3.51. The molecule has 1 fully saturated rings. The molecular weight excluding hydrogens is 262 g/mol. The molecule has 0 radical (unpaired) electrons. The van der Waals surface area contributed by atoms with Crippen LogP contribution in [0.2, 0.25) is 0 Å². The predicted octanol–water partition coefficient (Wildman–Crippen LogP) is 1.39. The highest BCUT2D eigenvalue weighted by atomic mass is 16.8. The fraction of sp³-hybridized carbons (Fsp3) is 0.571. The lowest BCUT2D eigenvalue weighted by Crippen LogP contribution is -2.40. The average molecular weight is 281 g/mol. The van der Waals surface area contributed by atoms with Gasteiger partial charge in [-0.25, -0.2) is 0 Å². The van der Waals surface area contributed by atoms with Crippen molar-refractivity contribution >= 4 is 0 Å². The minimum absolute atomic E-state index is 0.298.